The topological polar surface area (TPSA) is 73.2 Å². The van der Waals surface area contributed by atoms with Gasteiger partial charge in [-0.2, -0.15) is 0 Å². The molecule has 0 fully saturated rings. The summed E-state index contributed by atoms with van der Waals surface area (Å²) in [5.41, 5.74) is 5.15. The van der Waals surface area contributed by atoms with Crippen molar-refractivity contribution >= 4 is 33.1 Å². The molecule has 0 bridgehead atoms. The number of anilines is 1. The predicted octanol–water partition coefficient (Wildman–Crippen LogP) is 4.65. The number of carbonyl (C=O) groups excluding carboxylic acids is 1. The molecule has 1 N–H and O–H groups in total. The zero-order chi connectivity index (χ0) is 22.1. The van der Waals surface area contributed by atoms with Gasteiger partial charge in [-0.05, 0) is 66.6 Å². The first-order valence-corrected chi connectivity index (χ1v) is 11.5. The van der Waals surface area contributed by atoms with Crippen molar-refractivity contribution in [2.75, 3.05) is 12.4 Å². The Morgan fingerprint density at radius 3 is 2.69 bits per heavy atom. The number of aromatic nitrogens is 2. The molecule has 7 heteroatoms. The second kappa shape index (κ2) is 8.59. The molecule has 6 nitrogen and oxygen atoms in total. The molecule has 1 aliphatic rings. The van der Waals surface area contributed by atoms with Crippen LogP contribution in [0.5, 0.6) is 5.75 Å². The van der Waals surface area contributed by atoms with Crippen LogP contribution in [-0.4, -0.2) is 22.6 Å². The molecule has 0 atom stereocenters. The summed E-state index contributed by atoms with van der Waals surface area (Å²) >= 11 is 1.46. The van der Waals surface area contributed by atoms with Crippen LogP contribution in [0.2, 0.25) is 0 Å². The van der Waals surface area contributed by atoms with Gasteiger partial charge in [0.2, 0.25) is 5.91 Å². The predicted molar refractivity (Wildman–Crippen MR) is 128 cm³/mol. The third-order valence-corrected chi connectivity index (χ3v) is 6.79. The number of ether oxygens (including phenoxy) is 1. The van der Waals surface area contributed by atoms with Gasteiger partial charge in [0, 0.05) is 16.6 Å². The second-order valence-corrected chi connectivity index (χ2v) is 8.83. The normalized spacial score (nSPS) is 13.0. The molecule has 0 saturated carbocycles. The summed E-state index contributed by atoms with van der Waals surface area (Å²) in [7, 11) is 1.59. The van der Waals surface area contributed by atoms with E-state index in [9.17, 15) is 9.59 Å². The molecule has 1 aliphatic carbocycles. The first-order chi connectivity index (χ1) is 15.6. The smallest absolute Gasteiger partial charge is 0.263 e. The van der Waals surface area contributed by atoms with Crippen molar-refractivity contribution in [2.24, 2.45) is 0 Å². The van der Waals surface area contributed by atoms with E-state index in [-0.39, 0.29) is 18.0 Å². The van der Waals surface area contributed by atoms with Crippen LogP contribution < -0.4 is 15.6 Å². The number of rotatable bonds is 5. The highest BCUT2D eigenvalue weighted by atomic mass is 32.1. The third kappa shape index (κ3) is 3.91. The molecule has 0 aliphatic heterocycles. The molecule has 5 rings (SSSR count). The Kier molecular flexibility index (Phi) is 5.49. The zero-order valence-electron chi connectivity index (χ0n) is 17.8. The maximum atomic E-state index is 13.3. The number of nitrogens with one attached hydrogen (secondary N) is 1. The lowest BCUT2D eigenvalue weighted by Gasteiger charge is -2.16. The van der Waals surface area contributed by atoms with Crippen LogP contribution in [0.25, 0.3) is 21.3 Å². The van der Waals surface area contributed by atoms with Crippen LogP contribution in [-0.2, 0) is 24.2 Å². The van der Waals surface area contributed by atoms with E-state index in [0.717, 1.165) is 24.0 Å². The number of nitrogens with zero attached hydrogens (tertiary/aromatic N) is 2. The number of thiophene rings is 1. The lowest BCUT2D eigenvalue weighted by atomic mass is 9.89. The highest BCUT2D eigenvalue weighted by Gasteiger charge is 2.17. The lowest BCUT2D eigenvalue weighted by molar-refractivity contribution is -0.116. The molecular formula is C25H23N3O3S. The van der Waals surface area contributed by atoms with Gasteiger partial charge in [-0.3, -0.25) is 14.2 Å². The fraction of sp³-hybridized carbons (Fsp3) is 0.240. The molecule has 2 aromatic heterocycles. The summed E-state index contributed by atoms with van der Waals surface area (Å²) in [6.45, 7) is -0.104. The van der Waals surface area contributed by atoms with Crippen molar-refractivity contribution in [1.29, 1.82) is 0 Å². The van der Waals surface area contributed by atoms with Gasteiger partial charge < -0.3 is 10.1 Å². The van der Waals surface area contributed by atoms with Gasteiger partial charge in [0.25, 0.3) is 5.56 Å². The summed E-state index contributed by atoms with van der Waals surface area (Å²) in [4.78, 5) is 31.0. The van der Waals surface area contributed by atoms with E-state index in [0.29, 0.717) is 21.7 Å². The van der Waals surface area contributed by atoms with Crippen LogP contribution in [0.3, 0.4) is 0 Å². The van der Waals surface area contributed by atoms with Crippen molar-refractivity contribution < 1.29 is 9.53 Å². The summed E-state index contributed by atoms with van der Waals surface area (Å²) in [6.07, 6.45) is 6.10. The number of amides is 1. The van der Waals surface area contributed by atoms with Crippen LogP contribution in [0, 0.1) is 0 Å². The van der Waals surface area contributed by atoms with Crippen molar-refractivity contribution in [1.82, 2.24) is 9.55 Å². The number of fused-ring (bicyclic) bond motifs is 2. The summed E-state index contributed by atoms with van der Waals surface area (Å²) < 4.78 is 6.50. The fourth-order valence-corrected chi connectivity index (χ4v) is 5.13. The Bertz CT molecular complexity index is 1360. The highest BCUT2D eigenvalue weighted by molar-refractivity contribution is 7.17. The number of carbonyl (C=O) groups is 1. The first kappa shape index (κ1) is 20.5. The van der Waals surface area contributed by atoms with Crippen LogP contribution >= 0.6 is 11.3 Å². The van der Waals surface area contributed by atoms with Gasteiger partial charge in [-0.15, -0.1) is 11.3 Å². The van der Waals surface area contributed by atoms with Crippen molar-refractivity contribution in [3.63, 3.8) is 0 Å². The average molecular weight is 446 g/mol. The number of aryl methyl sites for hydroxylation is 2. The van der Waals surface area contributed by atoms with Gasteiger partial charge in [0.15, 0.2) is 0 Å². The highest BCUT2D eigenvalue weighted by Crippen LogP contribution is 2.33. The second-order valence-electron chi connectivity index (χ2n) is 7.97. The molecular weight excluding hydrogens is 422 g/mol. The first-order valence-electron chi connectivity index (χ1n) is 10.6. The molecule has 32 heavy (non-hydrogen) atoms. The molecule has 2 heterocycles. The molecule has 0 radical (unpaired) electrons. The Hall–Kier alpha value is -3.45. The Morgan fingerprint density at radius 2 is 1.91 bits per heavy atom. The van der Waals surface area contributed by atoms with Crippen LogP contribution in [0.1, 0.15) is 24.0 Å². The molecule has 2 aromatic carbocycles. The summed E-state index contributed by atoms with van der Waals surface area (Å²) in [5, 5.41) is 5.38. The van der Waals surface area contributed by atoms with Crippen LogP contribution in [0.15, 0.2) is 59.0 Å². The van der Waals surface area contributed by atoms with Gasteiger partial charge in [0.05, 0.1) is 18.8 Å². The SMILES string of the molecule is COc1ccc(NC(=O)Cn2cnc3scc(-c4ccc5c(c4)CCCC5)c3c2=O)cc1. The van der Waals surface area contributed by atoms with Crippen LogP contribution in [0.4, 0.5) is 5.69 Å². The fourth-order valence-electron chi connectivity index (χ4n) is 4.22. The zero-order valence-corrected chi connectivity index (χ0v) is 18.6. The lowest BCUT2D eigenvalue weighted by Crippen LogP contribution is -2.27. The van der Waals surface area contributed by atoms with E-state index in [1.165, 1.54) is 46.2 Å². The monoisotopic (exact) mass is 445 g/mol. The van der Waals surface area contributed by atoms with E-state index >= 15 is 0 Å². The molecule has 0 unspecified atom stereocenters. The Morgan fingerprint density at radius 1 is 1.12 bits per heavy atom. The quantitative estimate of drug-likeness (QED) is 0.485. The average Bonchev–Trinajstić information content (AvgIpc) is 3.26. The maximum absolute atomic E-state index is 13.3. The summed E-state index contributed by atoms with van der Waals surface area (Å²) in [6, 6.07) is 13.5. The maximum Gasteiger partial charge on any atom is 0.263 e. The minimum absolute atomic E-state index is 0.104. The van der Waals surface area contributed by atoms with Gasteiger partial charge in [0.1, 0.15) is 17.1 Å². The molecule has 4 aromatic rings. The summed E-state index contributed by atoms with van der Waals surface area (Å²) in [5.74, 6) is 0.421. The van der Waals surface area contributed by atoms with Gasteiger partial charge in [-0.25, -0.2) is 4.98 Å². The van der Waals surface area contributed by atoms with E-state index < -0.39 is 0 Å². The van der Waals surface area contributed by atoms with Crippen molar-refractivity contribution in [3.8, 4) is 16.9 Å². The largest absolute Gasteiger partial charge is 0.497 e. The Labute approximate surface area is 189 Å². The standard InChI is InChI=1S/C25H23N3O3S/c1-31-20-10-8-19(9-11-20)27-22(29)13-28-15-26-24-23(25(28)30)21(14-32-24)18-7-6-16-4-2-3-5-17(16)12-18/h6-12,14-15H,2-5,13H2,1H3,(H,27,29). The van der Waals surface area contributed by atoms with Gasteiger partial charge >= 0.3 is 0 Å². The molecule has 1 amide bonds. The van der Waals surface area contributed by atoms with Crippen molar-refractivity contribution in [3.05, 3.63) is 75.7 Å². The number of hydrogen-bond acceptors (Lipinski definition) is 5. The van der Waals surface area contributed by atoms with E-state index in [1.54, 1.807) is 31.4 Å². The van der Waals surface area contributed by atoms with E-state index in [1.807, 2.05) is 5.38 Å². The minimum atomic E-state index is -0.288. The van der Waals surface area contributed by atoms with Gasteiger partial charge in [-0.1, -0.05) is 18.2 Å². The third-order valence-electron chi connectivity index (χ3n) is 5.91. The molecule has 0 spiro atoms. The number of benzene rings is 2. The number of hydrogen-bond donors (Lipinski definition) is 1. The van der Waals surface area contributed by atoms with Crippen molar-refractivity contribution in [2.45, 2.75) is 32.2 Å². The van der Waals surface area contributed by atoms with E-state index in [2.05, 4.69) is 28.5 Å². The number of methoxy groups -OCH3 is 1. The molecule has 0 saturated heterocycles. The Balaban J connectivity index is 1.43. The molecule has 162 valence electrons. The minimum Gasteiger partial charge on any atom is -0.497 e. The van der Waals surface area contributed by atoms with E-state index in [4.69, 9.17) is 4.74 Å².